The van der Waals surface area contributed by atoms with Gasteiger partial charge in [-0.1, -0.05) is 24.3 Å². The SMILES string of the molecule is Cc1cn2cc(C(=O)N3CC(F)C3)c3c(c2n1)NC1(CC3)Cc2ccccc2C1. The van der Waals surface area contributed by atoms with Crippen LogP contribution in [0.4, 0.5) is 10.1 Å². The number of fused-ring (bicyclic) bond motifs is 4. The first-order valence-corrected chi connectivity index (χ1v) is 10.3. The lowest BCUT2D eigenvalue weighted by molar-refractivity contribution is 0.0398. The highest BCUT2D eigenvalue weighted by Crippen LogP contribution is 2.43. The van der Waals surface area contributed by atoms with Crippen molar-refractivity contribution in [2.24, 2.45) is 0 Å². The molecule has 1 N–H and O–H groups in total. The maximum atomic E-state index is 13.3. The van der Waals surface area contributed by atoms with Gasteiger partial charge in [-0.15, -0.1) is 0 Å². The minimum atomic E-state index is -0.896. The Balaban J connectivity index is 1.45. The van der Waals surface area contributed by atoms with Gasteiger partial charge in [-0.3, -0.25) is 4.79 Å². The van der Waals surface area contributed by atoms with Crippen LogP contribution in [0.25, 0.3) is 5.65 Å². The van der Waals surface area contributed by atoms with Crippen molar-refractivity contribution in [1.82, 2.24) is 14.3 Å². The first kappa shape index (κ1) is 17.0. The van der Waals surface area contributed by atoms with Crippen LogP contribution in [0.1, 0.15) is 39.2 Å². The van der Waals surface area contributed by atoms with Gasteiger partial charge in [0, 0.05) is 17.9 Å². The molecule has 0 saturated carbocycles. The summed E-state index contributed by atoms with van der Waals surface area (Å²) in [6.07, 6.45) is 6.71. The van der Waals surface area contributed by atoms with E-state index in [0.717, 1.165) is 48.3 Å². The highest BCUT2D eigenvalue weighted by Gasteiger charge is 2.42. The third-order valence-corrected chi connectivity index (χ3v) is 6.75. The minimum absolute atomic E-state index is 0.0283. The molecular formula is C23H23FN4O. The maximum Gasteiger partial charge on any atom is 0.255 e. The monoisotopic (exact) mass is 390 g/mol. The maximum absolute atomic E-state index is 13.3. The Morgan fingerprint density at radius 2 is 1.93 bits per heavy atom. The molecule has 1 fully saturated rings. The summed E-state index contributed by atoms with van der Waals surface area (Å²) in [4.78, 5) is 19.4. The van der Waals surface area contributed by atoms with E-state index >= 15 is 0 Å². The molecule has 3 aromatic rings. The van der Waals surface area contributed by atoms with E-state index in [1.165, 1.54) is 11.1 Å². The van der Waals surface area contributed by atoms with Crippen LogP contribution in [-0.4, -0.2) is 45.0 Å². The molecule has 1 aliphatic carbocycles. The second-order valence-electron chi connectivity index (χ2n) is 8.84. The number of nitrogens with one attached hydrogen (secondary N) is 1. The summed E-state index contributed by atoms with van der Waals surface area (Å²) in [6, 6.07) is 8.64. The number of pyridine rings is 1. The standard InChI is InChI=1S/C23H23FN4O/c1-14-10-27-13-19(22(29)28-11-17(24)12-28)18-6-7-23(26-20(18)21(27)25-14)8-15-4-2-3-5-16(15)9-23/h2-5,10,13,17,26H,6-9,11-12H2,1H3. The van der Waals surface area contributed by atoms with Gasteiger partial charge in [0.25, 0.3) is 5.91 Å². The van der Waals surface area contributed by atoms with Crippen molar-refractivity contribution in [2.45, 2.75) is 44.3 Å². The number of amides is 1. The highest BCUT2D eigenvalue weighted by molar-refractivity contribution is 5.99. The van der Waals surface area contributed by atoms with Crippen LogP contribution < -0.4 is 5.32 Å². The molecule has 6 rings (SSSR count). The number of likely N-dealkylation sites (tertiary alicyclic amines) is 1. The lowest BCUT2D eigenvalue weighted by Crippen LogP contribution is -2.52. The smallest absolute Gasteiger partial charge is 0.255 e. The molecule has 6 heteroatoms. The van der Waals surface area contributed by atoms with Crippen molar-refractivity contribution >= 4 is 17.2 Å². The van der Waals surface area contributed by atoms with Gasteiger partial charge in [0.1, 0.15) is 6.17 Å². The van der Waals surface area contributed by atoms with E-state index in [2.05, 4.69) is 29.6 Å². The van der Waals surface area contributed by atoms with E-state index in [-0.39, 0.29) is 24.5 Å². The van der Waals surface area contributed by atoms with Crippen molar-refractivity contribution in [3.05, 3.63) is 64.6 Å². The molecule has 1 spiro atoms. The number of imidazole rings is 1. The molecule has 0 atom stereocenters. The first-order chi connectivity index (χ1) is 14.0. The molecule has 148 valence electrons. The summed E-state index contributed by atoms with van der Waals surface area (Å²) in [5, 5.41) is 3.83. The molecule has 0 bridgehead atoms. The zero-order valence-electron chi connectivity index (χ0n) is 16.4. The van der Waals surface area contributed by atoms with Crippen LogP contribution in [0.2, 0.25) is 0 Å². The molecule has 1 amide bonds. The number of anilines is 1. The molecule has 0 unspecified atom stereocenters. The number of aromatic nitrogens is 2. The van der Waals surface area contributed by atoms with Gasteiger partial charge in [0.2, 0.25) is 0 Å². The topological polar surface area (TPSA) is 49.6 Å². The predicted octanol–water partition coefficient (Wildman–Crippen LogP) is 3.33. The van der Waals surface area contributed by atoms with Crippen LogP contribution in [0.5, 0.6) is 0 Å². The van der Waals surface area contributed by atoms with Gasteiger partial charge in [-0.25, -0.2) is 9.37 Å². The van der Waals surface area contributed by atoms with Crippen molar-refractivity contribution in [3.63, 3.8) is 0 Å². The van der Waals surface area contributed by atoms with Crippen LogP contribution in [0, 0.1) is 6.92 Å². The fraction of sp³-hybridized carbons (Fsp3) is 0.391. The summed E-state index contributed by atoms with van der Waals surface area (Å²) >= 11 is 0. The average Bonchev–Trinajstić information content (AvgIpc) is 3.23. The van der Waals surface area contributed by atoms with E-state index in [4.69, 9.17) is 4.98 Å². The Labute approximate surface area is 168 Å². The molecule has 0 radical (unpaired) electrons. The Hall–Kier alpha value is -2.89. The van der Waals surface area contributed by atoms with E-state index in [1.54, 1.807) is 4.90 Å². The number of aryl methyl sites for hydroxylation is 1. The van der Waals surface area contributed by atoms with Crippen LogP contribution in [-0.2, 0) is 19.3 Å². The Morgan fingerprint density at radius 1 is 1.21 bits per heavy atom. The number of halogens is 1. The van der Waals surface area contributed by atoms with Gasteiger partial charge in [0.15, 0.2) is 5.65 Å². The van der Waals surface area contributed by atoms with Gasteiger partial charge in [-0.05, 0) is 49.3 Å². The van der Waals surface area contributed by atoms with E-state index < -0.39 is 6.17 Å². The zero-order valence-corrected chi connectivity index (χ0v) is 16.4. The van der Waals surface area contributed by atoms with Gasteiger partial charge < -0.3 is 14.6 Å². The molecule has 5 nitrogen and oxygen atoms in total. The fourth-order valence-corrected chi connectivity index (χ4v) is 5.27. The Bertz CT molecular complexity index is 1140. The van der Waals surface area contributed by atoms with Crippen LogP contribution in [0.3, 0.4) is 0 Å². The van der Waals surface area contributed by atoms with Gasteiger partial charge >= 0.3 is 0 Å². The van der Waals surface area contributed by atoms with E-state index in [9.17, 15) is 9.18 Å². The quantitative estimate of drug-likeness (QED) is 0.693. The molecule has 2 aliphatic heterocycles. The summed E-state index contributed by atoms with van der Waals surface area (Å²) < 4.78 is 15.3. The Kier molecular flexibility index (Phi) is 3.41. The molecule has 2 aromatic heterocycles. The zero-order chi connectivity index (χ0) is 19.8. The molecule has 29 heavy (non-hydrogen) atoms. The highest BCUT2D eigenvalue weighted by atomic mass is 19.1. The molecule has 3 aliphatic rings. The number of hydrogen-bond donors (Lipinski definition) is 1. The number of rotatable bonds is 1. The normalized spacial score (nSPS) is 19.7. The average molecular weight is 390 g/mol. The number of alkyl halides is 1. The fourth-order valence-electron chi connectivity index (χ4n) is 5.27. The molecule has 1 aromatic carbocycles. The molecule has 4 heterocycles. The van der Waals surface area contributed by atoms with E-state index in [1.807, 2.05) is 23.7 Å². The predicted molar refractivity (Wildman–Crippen MR) is 109 cm³/mol. The van der Waals surface area contributed by atoms with Gasteiger partial charge in [0.05, 0.1) is 30.0 Å². The second kappa shape index (κ2) is 5.81. The van der Waals surface area contributed by atoms with Crippen molar-refractivity contribution in [2.75, 3.05) is 18.4 Å². The minimum Gasteiger partial charge on any atom is -0.376 e. The Morgan fingerprint density at radius 3 is 2.62 bits per heavy atom. The largest absolute Gasteiger partial charge is 0.376 e. The van der Waals surface area contributed by atoms with Gasteiger partial charge in [-0.2, -0.15) is 0 Å². The molecular weight excluding hydrogens is 367 g/mol. The third kappa shape index (κ3) is 2.51. The van der Waals surface area contributed by atoms with Crippen LogP contribution in [0.15, 0.2) is 36.7 Å². The lowest BCUT2D eigenvalue weighted by Gasteiger charge is -2.39. The summed E-state index contributed by atoms with van der Waals surface area (Å²) in [6.45, 7) is 2.36. The summed E-state index contributed by atoms with van der Waals surface area (Å²) in [7, 11) is 0. The number of nitrogens with zero attached hydrogens (tertiary/aromatic N) is 3. The number of benzene rings is 1. The lowest BCUT2D eigenvalue weighted by atomic mass is 9.82. The van der Waals surface area contributed by atoms with E-state index in [0.29, 0.717) is 5.56 Å². The number of hydrogen-bond acceptors (Lipinski definition) is 3. The summed E-state index contributed by atoms with van der Waals surface area (Å²) in [5.74, 6) is -0.0733. The third-order valence-electron chi connectivity index (χ3n) is 6.75. The number of carbonyl (C=O) groups excluding carboxylic acids is 1. The second-order valence-corrected chi connectivity index (χ2v) is 8.84. The first-order valence-electron chi connectivity index (χ1n) is 10.3. The summed E-state index contributed by atoms with van der Waals surface area (Å²) in [5.41, 5.74) is 7.24. The van der Waals surface area contributed by atoms with Crippen molar-refractivity contribution in [1.29, 1.82) is 0 Å². The number of carbonyl (C=O) groups is 1. The van der Waals surface area contributed by atoms with Crippen molar-refractivity contribution in [3.8, 4) is 0 Å². The molecule has 1 saturated heterocycles. The van der Waals surface area contributed by atoms with Crippen molar-refractivity contribution < 1.29 is 9.18 Å². The van der Waals surface area contributed by atoms with Crippen LogP contribution >= 0.6 is 0 Å².